The fraction of sp³-hybridized carbons (Fsp3) is 0.190. The van der Waals surface area contributed by atoms with Crippen LogP contribution in [-0.4, -0.2) is 20.6 Å². The van der Waals surface area contributed by atoms with Gasteiger partial charge in [-0.05, 0) is 38.1 Å². The largest absolute Gasteiger partial charge is 0.506 e. The van der Waals surface area contributed by atoms with Gasteiger partial charge in [0.1, 0.15) is 12.3 Å². The lowest BCUT2D eigenvalue weighted by atomic mass is 10.2. The van der Waals surface area contributed by atoms with Crippen molar-refractivity contribution in [3.63, 3.8) is 0 Å². The Balaban J connectivity index is 1.96. The molecule has 0 atom stereocenters. The summed E-state index contributed by atoms with van der Waals surface area (Å²) in [6, 6.07) is 15.2. The second-order valence-corrected chi connectivity index (χ2v) is 6.35. The summed E-state index contributed by atoms with van der Waals surface area (Å²) in [5, 5.41) is 10.3. The number of aromatic hydroxyl groups is 1. The first-order valence-electron chi connectivity index (χ1n) is 8.62. The highest BCUT2D eigenvalue weighted by Crippen LogP contribution is 2.28. The number of rotatable bonds is 5. The lowest BCUT2D eigenvalue weighted by Gasteiger charge is -2.25. The highest BCUT2D eigenvalue weighted by atomic mass is 16.3. The molecule has 0 radical (unpaired) electrons. The van der Waals surface area contributed by atoms with Gasteiger partial charge < -0.3 is 14.6 Å². The molecule has 2 aromatic heterocycles. The Morgan fingerprint density at radius 1 is 1.07 bits per heavy atom. The zero-order valence-electron chi connectivity index (χ0n) is 15.3. The quantitative estimate of drug-likeness (QED) is 0.756. The average molecular weight is 363 g/mol. The molecule has 138 valence electrons. The smallest absolute Gasteiger partial charge is 0.247 e. The highest BCUT2D eigenvalue weighted by molar-refractivity contribution is 5.94. The van der Waals surface area contributed by atoms with Gasteiger partial charge in [-0.15, -0.1) is 0 Å². The number of benzene rings is 1. The fourth-order valence-electron chi connectivity index (χ4n) is 3.01. The zero-order valence-corrected chi connectivity index (χ0v) is 15.3. The number of pyridine rings is 2. The predicted octanol–water partition coefficient (Wildman–Crippen LogP) is 2.80. The van der Waals surface area contributed by atoms with Crippen molar-refractivity contribution in [2.75, 3.05) is 4.90 Å². The van der Waals surface area contributed by atoms with Crippen molar-refractivity contribution in [2.45, 2.75) is 26.9 Å². The van der Waals surface area contributed by atoms with E-state index in [1.54, 1.807) is 48.9 Å². The Labute approximate surface area is 157 Å². The third kappa shape index (κ3) is 4.23. The molecule has 0 aliphatic heterocycles. The second-order valence-electron chi connectivity index (χ2n) is 6.35. The van der Waals surface area contributed by atoms with E-state index in [0.29, 0.717) is 22.8 Å². The van der Waals surface area contributed by atoms with Crippen LogP contribution < -0.4 is 10.3 Å². The van der Waals surface area contributed by atoms with Crippen LogP contribution in [0.2, 0.25) is 0 Å². The van der Waals surface area contributed by atoms with Crippen molar-refractivity contribution in [1.29, 1.82) is 0 Å². The number of carbonyl (C=O) groups excluding carboxylic acids is 1. The van der Waals surface area contributed by atoms with Gasteiger partial charge in [-0.2, -0.15) is 0 Å². The molecule has 0 fully saturated rings. The molecule has 0 bridgehead atoms. The summed E-state index contributed by atoms with van der Waals surface area (Å²) in [6.45, 7) is 3.88. The van der Waals surface area contributed by atoms with E-state index in [-0.39, 0.29) is 30.2 Å². The number of anilines is 1. The van der Waals surface area contributed by atoms with Gasteiger partial charge in [-0.3, -0.25) is 14.6 Å². The molecule has 0 saturated carbocycles. The molecule has 0 spiro atoms. The zero-order chi connectivity index (χ0) is 19.4. The Hall–Kier alpha value is -3.41. The van der Waals surface area contributed by atoms with Gasteiger partial charge in [-0.25, -0.2) is 0 Å². The summed E-state index contributed by atoms with van der Waals surface area (Å²) in [7, 11) is 0. The molecular weight excluding hydrogens is 342 g/mol. The van der Waals surface area contributed by atoms with Crippen molar-refractivity contribution < 1.29 is 9.90 Å². The lowest BCUT2D eigenvalue weighted by molar-refractivity contribution is -0.119. The number of aryl methyl sites for hydroxylation is 2. The summed E-state index contributed by atoms with van der Waals surface area (Å²) >= 11 is 0. The maximum Gasteiger partial charge on any atom is 0.247 e. The highest BCUT2D eigenvalue weighted by Gasteiger charge is 2.20. The lowest BCUT2D eigenvalue weighted by Crippen LogP contribution is -2.35. The van der Waals surface area contributed by atoms with E-state index in [1.165, 1.54) is 17.0 Å². The summed E-state index contributed by atoms with van der Waals surface area (Å²) in [4.78, 5) is 30.6. The van der Waals surface area contributed by atoms with Crippen molar-refractivity contribution >= 4 is 11.6 Å². The molecular formula is C21H21N3O3. The minimum Gasteiger partial charge on any atom is -0.506 e. The molecule has 3 aromatic rings. The number of phenols is 1. The standard InChI is InChI=1S/C21H21N3O3/c1-15-11-18(25)12-16(2)23(15)14-21(27)24(13-17-7-5-6-10-22-17)19-8-3-4-9-20(19)26/h3-12,26H,13-14H2,1-2H3. The summed E-state index contributed by atoms with van der Waals surface area (Å²) < 4.78 is 1.79. The second kappa shape index (κ2) is 7.86. The van der Waals surface area contributed by atoms with E-state index >= 15 is 0 Å². The van der Waals surface area contributed by atoms with Crippen LogP contribution in [0.4, 0.5) is 5.69 Å². The fourth-order valence-corrected chi connectivity index (χ4v) is 3.01. The molecule has 0 aliphatic carbocycles. The molecule has 1 amide bonds. The third-order valence-corrected chi connectivity index (χ3v) is 4.37. The molecule has 2 heterocycles. The maximum atomic E-state index is 13.1. The monoisotopic (exact) mass is 363 g/mol. The van der Waals surface area contributed by atoms with E-state index in [2.05, 4.69) is 4.98 Å². The van der Waals surface area contributed by atoms with Crippen molar-refractivity contribution in [2.24, 2.45) is 0 Å². The first-order valence-corrected chi connectivity index (χ1v) is 8.62. The SMILES string of the molecule is Cc1cc(=O)cc(C)n1CC(=O)N(Cc1ccccn1)c1ccccc1O. The van der Waals surface area contributed by atoms with Gasteiger partial charge in [-0.1, -0.05) is 18.2 Å². The molecule has 6 heteroatoms. The number of aromatic nitrogens is 2. The molecule has 1 N–H and O–H groups in total. The molecule has 0 aliphatic rings. The Morgan fingerprint density at radius 3 is 2.37 bits per heavy atom. The molecule has 3 rings (SSSR count). The Bertz CT molecular complexity index is 986. The minimum absolute atomic E-state index is 0.0233. The van der Waals surface area contributed by atoms with Gasteiger partial charge in [0, 0.05) is 29.7 Å². The molecule has 27 heavy (non-hydrogen) atoms. The molecule has 6 nitrogen and oxygen atoms in total. The third-order valence-electron chi connectivity index (χ3n) is 4.37. The van der Waals surface area contributed by atoms with Crippen molar-refractivity contribution in [1.82, 2.24) is 9.55 Å². The maximum absolute atomic E-state index is 13.1. The van der Waals surface area contributed by atoms with Gasteiger partial charge >= 0.3 is 0 Å². The number of hydrogen-bond acceptors (Lipinski definition) is 4. The number of carbonyl (C=O) groups is 1. The van der Waals surface area contributed by atoms with Crippen LogP contribution in [0.25, 0.3) is 0 Å². The van der Waals surface area contributed by atoms with Gasteiger partial charge in [0.05, 0.1) is 17.9 Å². The summed E-state index contributed by atoms with van der Waals surface area (Å²) in [5.74, 6) is -0.188. The molecule has 0 unspecified atom stereocenters. The minimum atomic E-state index is -0.211. The van der Waals surface area contributed by atoms with Crippen LogP contribution in [0, 0.1) is 13.8 Å². The topological polar surface area (TPSA) is 75.4 Å². The first kappa shape index (κ1) is 18.4. The van der Waals surface area contributed by atoms with Crippen molar-refractivity contribution in [3.8, 4) is 5.75 Å². The van der Waals surface area contributed by atoms with Crippen LogP contribution in [0.5, 0.6) is 5.75 Å². The van der Waals surface area contributed by atoms with Crippen LogP contribution in [0.15, 0.2) is 65.6 Å². The van der Waals surface area contributed by atoms with Gasteiger partial charge in [0.2, 0.25) is 5.91 Å². The van der Waals surface area contributed by atoms with Gasteiger partial charge in [0.25, 0.3) is 0 Å². The normalized spacial score (nSPS) is 10.6. The van der Waals surface area contributed by atoms with E-state index < -0.39 is 0 Å². The number of phenolic OH excluding ortho intramolecular Hbond substituents is 1. The number of nitrogens with zero attached hydrogens (tertiary/aromatic N) is 3. The van der Waals surface area contributed by atoms with Crippen molar-refractivity contribution in [3.05, 3.63) is 88.1 Å². The van der Waals surface area contributed by atoms with Gasteiger partial charge in [0.15, 0.2) is 5.43 Å². The van der Waals surface area contributed by atoms with Crippen LogP contribution in [0.3, 0.4) is 0 Å². The van der Waals surface area contributed by atoms with E-state index in [4.69, 9.17) is 0 Å². The van der Waals surface area contributed by atoms with E-state index in [0.717, 1.165) is 0 Å². The number of amides is 1. The Morgan fingerprint density at radius 2 is 1.74 bits per heavy atom. The van der Waals surface area contributed by atoms with E-state index in [9.17, 15) is 14.7 Å². The van der Waals surface area contributed by atoms with E-state index in [1.807, 2.05) is 18.2 Å². The summed E-state index contributed by atoms with van der Waals surface area (Å²) in [5.41, 5.74) is 2.47. The number of hydrogen-bond donors (Lipinski definition) is 1. The molecule has 1 aromatic carbocycles. The predicted molar refractivity (Wildman–Crippen MR) is 104 cm³/mol. The Kier molecular flexibility index (Phi) is 5.35. The molecule has 0 saturated heterocycles. The number of para-hydroxylation sites is 2. The van der Waals surface area contributed by atoms with Crippen LogP contribution in [0.1, 0.15) is 17.1 Å². The average Bonchev–Trinajstić information content (AvgIpc) is 2.64. The van der Waals surface area contributed by atoms with Crippen LogP contribution in [-0.2, 0) is 17.9 Å². The van der Waals surface area contributed by atoms with Crippen LogP contribution >= 0.6 is 0 Å². The first-order chi connectivity index (χ1) is 13.0. The summed E-state index contributed by atoms with van der Waals surface area (Å²) in [6.07, 6.45) is 1.67.